The molecular weight excluding hydrogens is 236 g/mol. The number of carbonyl (C=O) groups is 1. The van der Waals surface area contributed by atoms with Crippen molar-refractivity contribution in [2.24, 2.45) is 22.7 Å². The van der Waals surface area contributed by atoms with Gasteiger partial charge in [0.05, 0.1) is 5.92 Å². The number of fused-ring (bicyclic) bond motifs is 1. The van der Waals surface area contributed by atoms with Gasteiger partial charge in [-0.2, -0.15) is 0 Å². The lowest BCUT2D eigenvalue weighted by atomic mass is 9.77. The van der Waals surface area contributed by atoms with Gasteiger partial charge < -0.3 is 10.2 Å². The van der Waals surface area contributed by atoms with Crippen molar-refractivity contribution in [2.45, 2.75) is 33.6 Å². The lowest BCUT2D eigenvalue weighted by molar-refractivity contribution is -0.128. The molecule has 2 unspecified atom stereocenters. The molecule has 0 aromatic heterocycles. The Bertz CT molecular complexity index is 377. The normalized spacial score (nSPS) is 36.6. The Morgan fingerprint density at radius 1 is 1.53 bits per heavy atom. The van der Waals surface area contributed by atoms with Gasteiger partial charge in [-0.25, -0.2) is 0 Å². The Morgan fingerprint density at radius 2 is 2.21 bits per heavy atom. The number of hydrogen-bond acceptors (Lipinski definition) is 2. The largest absolute Gasteiger partial charge is 0.345 e. The summed E-state index contributed by atoms with van der Waals surface area (Å²) in [6, 6.07) is 0. The highest BCUT2D eigenvalue weighted by atomic mass is 16.2. The van der Waals surface area contributed by atoms with Crippen molar-refractivity contribution >= 4 is 5.91 Å². The van der Waals surface area contributed by atoms with Gasteiger partial charge >= 0.3 is 0 Å². The molecule has 2 aliphatic heterocycles. The van der Waals surface area contributed by atoms with Gasteiger partial charge in [-0.15, -0.1) is 6.58 Å². The van der Waals surface area contributed by atoms with Crippen molar-refractivity contribution in [3.63, 3.8) is 0 Å². The van der Waals surface area contributed by atoms with Crippen molar-refractivity contribution in [1.82, 2.24) is 10.2 Å². The number of nitrogens with zero attached hydrogens (tertiary/aromatic N) is 1. The zero-order valence-corrected chi connectivity index (χ0v) is 12.8. The highest BCUT2D eigenvalue weighted by Crippen LogP contribution is 2.64. The molecule has 0 radical (unpaired) electrons. The Morgan fingerprint density at radius 3 is 2.42 bits per heavy atom. The predicted molar refractivity (Wildman–Crippen MR) is 80.9 cm³/mol. The van der Waals surface area contributed by atoms with Crippen LogP contribution < -0.4 is 5.32 Å². The van der Waals surface area contributed by atoms with Crippen molar-refractivity contribution in [3.8, 4) is 0 Å². The first-order valence-electron chi connectivity index (χ1n) is 7.40. The number of hydrogen-bond donors (Lipinski definition) is 1. The van der Waals surface area contributed by atoms with E-state index in [-0.39, 0.29) is 13.3 Å². The summed E-state index contributed by atoms with van der Waals surface area (Å²) in [4.78, 5) is 12.7. The smallest absolute Gasteiger partial charge is 0.229 e. The summed E-state index contributed by atoms with van der Waals surface area (Å²) in [5.41, 5.74) is 1.22. The monoisotopic (exact) mass is 266 g/mol. The molecule has 3 atom stereocenters. The molecule has 3 aliphatic rings. The molecule has 3 heteroatoms. The van der Waals surface area contributed by atoms with E-state index in [2.05, 4.69) is 32.7 Å². The SMILES string of the molecule is C=C[C@@H]1CCN(C)C1=O.CC(C)(C)C12CNCC1C2.[HH]. The second kappa shape index (κ2) is 4.93. The Kier molecular flexibility index (Phi) is 3.78. The summed E-state index contributed by atoms with van der Waals surface area (Å²) in [5, 5.41) is 3.47. The Labute approximate surface area is 118 Å². The van der Waals surface area contributed by atoms with Crippen LogP contribution in [0.5, 0.6) is 0 Å². The summed E-state index contributed by atoms with van der Waals surface area (Å²) < 4.78 is 0. The quantitative estimate of drug-likeness (QED) is 0.740. The summed E-state index contributed by atoms with van der Waals surface area (Å²) in [5.74, 6) is 1.31. The van der Waals surface area contributed by atoms with E-state index in [9.17, 15) is 4.79 Å². The number of nitrogens with one attached hydrogen (secondary N) is 1. The van der Waals surface area contributed by atoms with Gasteiger partial charge in [0, 0.05) is 21.6 Å². The molecule has 3 rings (SSSR count). The number of carbonyl (C=O) groups excluding carboxylic acids is 1. The average Bonchev–Trinajstić information content (AvgIpc) is 2.76. The molecule has 1 N–H and O–H groups in total. The fraction of sp³-hybridized carbons (Fsp3) is 0.812. The average molecular weight is 266 g/mol. The number of likely N-dealkylation sites (tertiary alicyclic amines) is 1. The molecule has 3 nitrogen and oxygen atoms in total. The molecule has 0 aromatic carbocycles. The van der Waals surface area contributed by atoms with Crippen molar-refractivity contribution < 1.29 is 6.22 Å². The fourth-order valence-electron chi connectivity index (χ4n) is 3.59. The van der Waals surface area contributed by atoms with Crippen LogP contribution in [-0.2, 0) is 4.79 Å². The summed E-state index contributed by atoms with van der Waals surface area (Å²) in [7, 11) is 1.83. The van der Waals surface area contributed by atoms with Crippen LogP contribution in [0.1, 0.15) is 35.0 Å². The second-order valence-electron chi connectivity index (χ2n) is 7.33. The van der Waals surface area contributed by atoms with Gasteiger partial charge in [0.2, 0.25) is 5.91 Å². The van der Waals surface area contributed by atoms with Gasteiger partial charge in [0.15, 0.2) is 0 Å². The third-order valence-electron chi connectivity index (χ3n) is 5.31. The van der Waals surface area contributed by atoms with Gasteiger partial charge in [-0.05, 0) is 36.1 Å². The standard InChI is InChI=1S/C9H17N.C7H11NO.H2/c1-8(2,3)9-4-7(9)5-10-6-9;1-3-6-4-5-8(2)7(6)9;/h7,10H,4-6H2,1-3H3;3,6H,1,4-5H2,2H3;1H/t;6-;/m.1./s1. The van der Waals surface area contributed by atoms with Crippen LogP contribution in [0.3, 0.4) is 0 Å². The molecule has 1 amide bonds. The van der Waals surface area contributed by atoms with Crippen LogP contribution in [-0.4, -0.2) is 37.5 Å². The van der Waals surface area contributed by atoms with E-state index in [1.54, 1.807) is 11.0 Å². The summed E-state index contributed by atoms with van der Waals surface area (Å²) in [6.07, 6.45) is 4.15. The molecule has 0 spiro atoms. The van der Waals surface area contributed by atoms with Crippen molar-refractivity contribution in [2.75, 3.05) is 26.7 Å². The zero-order valence-electron chi connectivity index (χ0n) is 12.8. The third-order valence-corrected chi connectivity index (χ3v) is 5.31. The first-order valence-corrected chi connectivity index (χ1v) is 7.40. The highest BCUT2D eigenvalue weighted by Gasteiger charge is 2.62. The molecule has 0 bridgehead atoms. The maximum absolute atomic E-state index is 11.0. The summed E-state index contributed by atoms with van der Waals surface area (Å²) >= 11 is 0. The van der Waals surface area contributed by atoms with E-state index in [4.69, 9.17) is 0 Å². The van der Waals surface area contributed by atoms with Crippen molar-refractivity contribution in [3.05, 3.63) is 12.7 Å². The molecule has 2 heterocycles. The van der Waals surface area contributed by atoms with Crippen LogP contribution in [0, 0.1) is 22.7 Å². The highest BCUT2D eigenvalue weighted by molar-refractivity contribution is 5.82. The van der Waals surface area contributed by atoms with E-state index in [1.165, 1.54) is 19.5 Å². The minimum absolute atomic E-state index is 0. The van der Waals surface area contributed by atoms with E-state index in [1.807, 2.05) is 7.05 Å². The molecule has 3 fully saturated rings. The molecule has 2 saturated heterocycles. The Hall–Kier alpha value is -0.830. The second-order valence-corrected chi connectivity index (χ2v) is 7.33. The first kappa shape index (κ1) is 14.6. The van der Waals surface area contributed by atoms with E-state index in [0.29, 0.717) is 10.8 Å². The van der Waals surface area contributed by atoms with Crippen LogP contribution in [0.25, 0.3) is 0 Å². The Balaban J connectivity index is 0.000000192. The molecule has 1 saturated carbocycles. The van der Waals surface area contributed by atoms with Crippen LogP contribution in [0.2, 0.25) is 0 Å². The number of amides is 1. The third kappa shape index (κ3) is 2.58. The topological polar surface area (TPSA) is 32.3 Å². The lowest BCUT2D eigenvalue weighted by Gasteiger charge is -2.28. The fourth-order valence-corrected chi connectivity index (χ4v) is 3.59. The zero-order chi connectivity index (χ0) is 14.3. The summed E-state index contributed by atoms with van der Waals surface area (Å²) in [6.45, 7) is 14.1. The number of rotatable bonds is 1. The maximum Gasteiger partial charge on any atom is 0.229 e. The van der Waals surface area contributed by atoms with Gasteiger partial charge in [-0.1, -0.05) is 26.8 Å². The lowest BCUT2D eigenvalue weighted by Crippen LogP contribution is -2.28. The van der Waals surface area contributed by atoms with Crippen molar-refractivity contribution in [1.29, 1.82) is 0 Å². The maximum atomic E-state index is 11.0. The van der Waals surface area contributed by atoms with Gasteiger partial charge in [0.1, 0.15) is 0 Å². The van der Waals surface area contributed by atoms with E-state index >= 15 is 0 Å². The molecular formula is C16H30N2O. The van der Waals surface area contributed by atoms with Crippen LogP contribution in [0.4, 0.5) is 0 Å². The predicted octanol–water partition coefficient (Wildman–Crippen LogP) is 2.54. The van der Waals surface area contributed by atoms with Crippen LogP contribution >= 0.6 is 0 Å². The number of piperidine rings is 1. The molecule has 1 aliphatic carbocycles. The molecule has 19 heavy (non-hydrogen) atoms. The first-order chi connectivity index (χ1) is 8.82. The van der Waals surface area contributed by atoms with Crippen LogP contribution in [0.15, 0.2) is 12.7 Å². The molecule has 110 valence electrons. The molecule has 0 aromatic rings. The van der Waals surface area contributed by atoms with Gasteiger partial charge in [0.25, 0.3) is 0 Å². The van der Waals surface area contributed by atoms with E-state index < -0.39 is 0 Å². The minimum atomic E-state index is 0. The van der Waals surface area contributed by atoms with Gasteiger partial charge in [-0.3, -0.25) is 4.79 Å². The van der Waals surface area contributed by atoms with E-state index in [0.717, 1.165) is 18.9 Å². The minimum Gasteiger partial charge on any atom is -0.345 e.